The molecule has 1 unspecified atom stereocenters. The van der Waals surface area contributed by atoms with Gasteiger partial charge in [0.1, 0.15) is 0 Å². The first-order chi connectivity index (χ1) is 7.22. The third-order valence-corrected chi connectivity index (χ3v) is 2.69. The minimum Gasteiger partial charge on any atom is -0.368 e. The fourth-order valence-electron chi connectivity index (χ4n) is 1.86. The van der Waals surface area contributed by atoms with Crippen LogP contribution in [0, 0.1) is 5.92 Å². The smallest absolute Gasteiger partial charge is 0.214 e. The standard InChI is InChI=1S/C11H22N4/c1-10(8-14-11(12)13-2)9-15-6-4-3-5-7-15/h8,10H,3-7,9H2,1-2H3,(H2,12,13). The fourth-order valence-corrected chi connectivity index (χ4v) is 1.86. The van der Waals surface area contributed by atoms with Crippen LogP contribution in [0.1, 0.15) is 26.2 Å². The average Bonchev–Trinajstić information content (AvgIpc) is 2.27. The molecule has 1 fully saturated rings. The molecule has 0 saturated carbocycles. The van der Waals surface area contributed by atoms with Crippen LogP contribution in [0.4, 0.5) is 0 Å². The van der Waals surface area contributed by atoms with E-state index in [2.05, 4.69) is 21.8 Å². The zero-order chi connectivity index (χ0) is 11.1. The van der Waals surface area contributed by atoms with E-state index in [1.165, 1.54) is 32.4 Å². The molecule has 1 aliphatic heterocycles. The van der Waals surface area contributed by atoms with Crippen LogP contribution in [-0.4, -0.2) is 43.8 Å². The van der Waals surface area contributed by atoms with E-state index in [1.807, 2.05) is 6.21 Å². The summed E-state index contributed by atoms with van der Waals surface area (Å²) in [5, 5.41) is 0. The number of aliphatic imine (C=N–C) groups is 2. The molecule has 1 saturated heterocycles. The number of likely N-dealkylation sites (tertiary alicyclic amines) is 1. The third-order valence-electron chi connectivity index (χ3n) is 2.69. The molecule has 4 heteroatoms. The van der Waals surface area contributed by atoms with Crippen LogP contribution in [0.5, 0.6) is 0 Å². The quantitative estimate of drug-likeness (QED) is 0.560. The SMILES string of the molecule is CN=C(N)N=CC(C)CN1CCCCC1. The molecular weight excluding hydrogens is 188 g/mol. The summed E-state index contributed by atoms with van der Waals surface area (Å²) >= 11 is 0. The summed E-state index contributed by atoms with van der Waals surface area (Å²) in [5.41, 5.74) is 5.49. The Kier molecular flexibility index (Phi) is 5.32. The Labute approximate surface area is 92.3 Å². The lowest BCUT2D eigenvalue weighted by Gasteiger charge is -2.27. The number of piperidine rings is 1. The van der Waals surface area contributed by atoms with E-state index in [9.17, 15) is 0 Å². The Morgan fingerprint density at radius 1 is 1.40 bits per heavy atom. The van der Waals surface area contributed by atoms with Gasteiger partial charge in [0, 0.05) is 25.7 Å². The molecule has 1 aliphatic rings. The van der Waals surface area contributed by atoms with E-state index in [0.717, 1.165) is 6.54 Å². The van der Waals surface area contributed by atoms with Crippen LogP contribution < -0.4 is 5.73 Å². The monoisotopic (exact) mass is 210 g/mol. The molecule has 1 heterocycles. The van der Waals surface area contributed by atoms with Crippen molar-refractivity contribution in [2.24, 2.45) is 21.6 Å². The van der Waals surface area contributed by atoms with E-state index < -0.39 is 0 Å². The molecule has 0 aromatic heterocycles. The van der Waals surface area contributed by atoms with Gasteiger partial charge >= 0.3 is 0 Å². The van der Waals surface area contributed by atoms with Crippen LogP contribution in [0.15, 0.2) is 9.98 Å². The summed E-state index contributed by atoms with van der Waals surface area (Å²) in [7, 11) is 1.65. The molecule has 0 radical (unpaired) electrons. The second kappa shape index (κ2) is 6.56. The lowest BCUT2D eigenvalue weighted by Crippen LogP contribution is -2.34. The maximum Gasteiger partial charge on any atom is 0.214 e. The van der Waals surface area contributed by atoms with Gasteiger partial charge in [-0.3, -0.25) is 4.99 Å². The van der Waals surface area contributed by atoms with Crippen molar-refractivity contribution in [2.45, 2.75) is 26.2 Å². The zero-order valence-corrected chi connectivity index (χ0v) is 9.82. The Balaban J connectivity index is 2.28. The molecule has 0 bridgehead atoms. The van der Waals surface area contributed by atoms with E-state index >= 15 is 0 Å². The zero-order valence-electron chi connectivity index (χ0n) is 9.82. The normalized spacial score (nSPS) is 22.1. The van der Waals surface area contributed by atoms with Crippen molar-refractivity contribution in [2.75, 3.05) is 26.7 Å². The summed E-state index contributed by atoms with van der Waals surface area (Å²) in [4.78, 5) is 10.4. The van der Waals surface area contributed by atoms with Crippen molar-refractivity contribution in [1.82, 2.24) is 4.90 Å². The highest BCUT2D eigenvalue weighted by Crippen LogP contribution is 2.09. The molecule has 0 aromatic carbocycles. The summed E-state index contributed by atoms with van der Waals surface area (Å²) in [6.07, 6.45) is 5.95. The minimum atomic E-state index is 0.362. The van der Waals surface area contributed by atoms with Gasteiger partial charge in [0.15, 0.2) is 0 Å². The maximum absolute atomic E-state index is 5.49. The van der Waals surface area contributed by atoms with Gasteiger partial charge in [-0.25, -0.2) is 4.99 Å². The molecule has 0 aromatic rings. The maximum atomic E-state index is 5.49. The first-order valence-electron chi connectivity index (χ1n) is 5.71. The number of nitrogens with zero attached hydrogens (tertiary/aromatic N) is 3. The Morgan fingerprint density at radius 3 is 2.67 bits per heavy atom. The Morgan fingerprint density at radius 2 is 2.07 bits per heavy atom. The van der Waals surface area contributed by atoms with Crippen LogP contribution in [-0.2, 0) is 0 Å². The summed E-state index contributed by atoms with van der Waals surface area (Å²) in [5.74, 6) is 0.809. The van der Waals surface area contributed by atoms with Gasteiger partial charge in [0.25, 0.3) is 0 Å². The highest BCUT2D eigenvalue weighted by atomic mass is 15.1. The first-order valence-corrected chi connectivity index (χ1v) is 5.71. The van der Waals surface area contributed by atoms with Crippen molar-refractivity contribution in [3.63, 3.8) is 0 Å². The van der Waals surface area contributed by atoms with Gasteiger partial charge in [-0.15, -0.1) is 0 Å². The second-order valence-corrected chi connectivity index (χ2v) is 4.20. The van der Waals surface area contributed by atoms with Crippen molar-refractivity contribution in [1.29, 1.82) is 0 Å². The fraction of sp³-hybridized carbons (Fsp3) is 0.818. The van der Waals surface area contributed by atoms with E-state index in [0.29, 0.717) is 11.9 Å². The molecular formula is C11H22N4. The molecule has 0 amide bonds. The predicted molar refractivity (Wildman–Crippen MR) is 65.5 cm³/mol. The van der Waals surface area contributed by atoms with Crippen molar-refractivity contribution in [3.05, 3.63) is 0 Å². The van der Waals surface area contributed by atoms with Crippen LogP contribution in [0.2, 0.25) is 0 Å². The molecule has 2 N–H and O–H groups in total. The minimum absolute atomic E-state index is 0.362. The molecule has 0 spiro atoms. The molecule has 86 valence electrons. The molecule has 15 heavy (non-hydrogen) atoms. The van der Waals surface area contributed by atoms with Gasteiger partial charge in [-0.2, -0.15) is 0 Å². The van der Waals surface area contributed by atoms with Crippen LogP contribution in [0.3, 0.4) is 0 Å². The number of nitrogens with two attached hydrogens (primary N) is 1. The van der Waals surface area contributed by atoms with Crippen molar-refractivity contribution in [3.8, 4) is 0 Å². The third kappa shape index (κ3) is 4.93. The number of hydrogen-bond donors (Lipinski definition) is 1. The highest BCUT2D eigenvalue weighted by Gasteiger charge is 2.11. The molecule has 1 rings (SSSR count). The first kappa shape index (κ1) is 12.2. The van der Waals surface area contributed by atoms with E-state index in [4.69, 9.17) is 5.73 Å². The number of rotatable bonds is 3. The topological polar surface area (TPSA) is 54.0 Å². The Bertz CT molecular complexity index is 229. The Hall–Kier alpha value is -0.900. The van der Waals surface area contributed by atoms with Crippen LogP contribution >= 0.6 is 0 Å². The summed E-state index contributed by atoms with van der Waals surface area (Å²) < 4.78 is 0. The van der Waals surface area contributed by atoms with Gasteiger partial charge < -0.3 is 10.6 Å². The lowest BCUT2D eigenvalue weighted by atomic mass is 10.1. The second-order valence-electron chi connectivity index (χ2n) is 4.20. The molecule has 1 atom stereocenters. The number of guanidine groups is 1. The van der Waals surface area contributed by atoms with Crippen molar-refractivity contribution >= 4 is 12.2 Å². The van der Waals surface area contributed by atoms with E-state index in [1.54, 1.807) is 7.05 Å². The number of hydrogen-bond acceptors (Lipinski definition) is 2. The van der Waals surface area contributed by atoms with Gasteiger partial charge in [-0.1, -0.05) is 13.3 Å². The highest BCUT2D eigenvalue weighted by molar-refractivity contribution is 5.86. The molecule has 0 aliphatic carbocycles. The lowest BCUT2D eigenvalue weighted by molar-refractivity contribution is 0.218. The van der Waals surface area contributed by atoms with E-state index in [-0.39, 0.29) is 0 Å². The average molecular weight is 210 g/mol. The van der Waals surface area contributed by atoms with Crippen LogP contribution in [0.25, 0.3) is 0 Å². The largest absolute Gasteiger partial charge is 0.368 e. The van der Waals surface area contributed by atoms with Gasteiger partial charge in [0.2, 0.25) is 5.96 Å². The van der Waals surface area contributed by atoms with Gasteiger partial charge in [-0.05, 0) is 25.9 Å². The summed E-state index contributed by atoms with van der Waals surface area (Å²) in [6.45, 7) is 5.71. The molecule has 4 nitrogen and oxygen atoms in total. The predicted octanol–water partition coefficient (Wildman–Crippen LogP) is 1.12. The summed E-state index contributed by atoms with van der Waals surface area (Å²) in [6, 6.07) is 0. The van der Waals surface area contributed by atoms with Gasteiger partial charge in [0.05, 0.1) is 0 Å². The van der Waals surface area contributed by atoms with Crippen molar-refractivity contribution < 1.29 is 0 Å².